The maximum Gasteiger partial charge on any atom is 0.208 e. The average molecular weight is 442 g/mol. The van der Waals surface area contributed by atoms with E-state index in [0.717, 1.165) is 23.4 Å². The second kappa shape index (κ2) is 7.76. The summed E-state index contributed by atoms with van der Waals surface area (Å²) in [4.78, 5) is 19.7. The van der Waals surface area contributed by atoms with Crippen molar-refractivity contribution >= 4 is 22.8 Å². The number of benzene rings is 1. The zero-order chi connectivity index (χ0) is 21.5. The summed E-state index contributed by atoms with van der Waals surface area (Å²) in [6.45, 7) is 0.825. The summed E-state index contributed by atoms with van der Waals surface area (Å²) in [5.41, 5.74) is 3.68. The van der Waals surface area contributed by atoms with E-state index in [9.17, 15) is 4.79 Å². The van der Waals surface area contributed by atoms with Crippen LogP contribution in [0.1, 0.15) is 34.5 Å². The number of hydrogen-bond acceptors (Lipinski definition) is 7. The Morgan fingerprint density at radius 1 is 1.12 bits per heavy atom. The van der Waals surface area contributed by atoms with E-state index >= 15 is 0 Å². The highest BCUT2D eigenvalue weighted by molar-refractivity contribution is 7.12. The number of thiophene rings is 1. The Bertz CT molecular complexity index is 1420. The quantitative estimate of drug-likeness (QED) is 0.368. The summed E-state index contributed by atoms with van der Waals surface area (Å²) in [7, 11) is 0. The molecule has 0 N–H and O–H groups in total. The van der Waals surface area contributed by atoms with Gasteiger partial charge in [-0.25, -0.2) is 9.50 Å². The van der Waals surface area contributed by atoms with Crippen molar-refractivity contribution in [2.75, 3.05) is 0 Å². The van der Waals surface area contributed by atoms with E-state index in [1.54, 1.807) is 21.7 Å². The van der Waals surface area contributed by atoms with E-state index in [-0.39, 0.29) is 5.78 Å². The van der Waals surface area contributed by atoms with Gasteiger partial charge in [0.25, 0.3) is 0 Å². The predicted molar refractivity (Wildman–Crippen MR) is 120 cm³/mol. The fourth-order valence-electron chi connectivity index (χ4n) is 3.97. The first-order chi connectivity index (χ1) is 15.8. The summed E-state index contributed by atoms with van der Waals surface area (Å²) in [6.07, 6.45) is 7.07. The monoisotopic (exact) mass is 441 g/mol. The Morgan fingerprint density at radius 3 is 2.84 bits per heavy atom. The first-order valence-corrected chi connectivity index (χ1v) is 11.4. The molecule has 32 heavy (non-hydrogen) atoms. The molecule has 1 aliphatic carbocycles. The number of carbonyl (C=O) groups is 1. The van der Waals surface area contributed by atoms with Gasteiger partial charge in [-0.2, -0.15) is 9.90 Å². The van der Waals surface area contributed by atoms with Crippen molar-refractivity contribution in [2.24, 2.45) is 5.92 Å². The van der Waals surface area contributed by atoms with Crippen LogP contribution in [0.2, 0.25) is 0 Å². The number of carbonyl (C=O) groups excluding carboxylic acids is 1. The van der Waals surface area contributed by atoms with Crippen LogP contribution < -0.4 is 0 Å². The Balaban J connectivity index is 1.35. The van der Waals surface area contributed by atoms with E-state index < -0.39 is 0 Å². The molecule has 5 aromatic rings. The lowest BCUT2D eigenvalue weighted by molar-refractivity contribution is 0.104. The van der Waals surface area contributed by atoms with Gasteiger partial charge in [-0.15, -0.1) is 21.5 Å². The van der Waals surface area contributed by atoms with E-state index in [4.69, 9.17) is 0 Å². The molecular formula is C23H19N7OS. The molecule has 1 saturated carbocycles. The normalized spacial score (nSPS) is 14.0. The number of hydrogen-bond donors (Lipinski definition) is 0. The Labute approximate surface area is 187 Å². The SMILES string of the molecule is O=C(c1cccs1)c1cnn2c(-c3cccc(-c4nnn(CC5CCC5)n4)c3)ccnc12. The van der Waals surface area contributed by atoms with E-state index in [1.165, 1.54) is 30.6 Å². The standard InChI is InChI=1S/C23H19N7OS/c31-21(20-8-3-11-32-20)18-13-25-30-19(9-10-24-23(18)30)16-6-2-7-17(12-16)22-26-28-29(27-22)14-15-4-1-5-15/h2-3,6-13,15H,1,4-5,14H2. The molecule has 0 radical (unpaired) electrons. The van der Waals surface area contributed by atoms with Crippen molar-refractivity contribution in [1.29, 1.82) is 0 Å². The van der Waals surface area contributed by atoms with Crippen LogP contribution in [0.5, 0.6) is 0 Å². The summed E-state index contributed by atoms with van der Waals surface area (Å²) < 4.78 is 1.71. The molecule has 1 aliphatic rings. The van der Waals surface area contributed by atoms with Crippen LogP contribution in [0.4, 0.5) is 0 Å². The minimum Gasteiger partial charge on any atom is -0.287 e. The topological polar surface area (TPSA) is 90.9 Å². The van der Waals surface area contributed by atoms with Gasteiger partial charge >= 0.3 is 0 Å². The highest BCUT2D eigenvalue weighted by Crippen LogP contribution is 2.28. The number of ketones is 1. The summed E-state index contributed by atoms with van der Waals surface area (Å²) in [6, 6.07) is 13.5. The minimum atomic E-state index is -0.0688. The molecule has 1 aromatic carbocycles. The molecule has 1 fully saturated rings. The number of fused-ring (bicyclic) bond motifs is 1. The maximum atomic E-state index is 12.9. The summed E-state index contributed by atoms with van der Waals surface area (Å²) in [5.74, 6) is 1.20. The van der Waals surface area contributed by atoms with Gasteiger partial charge in [0.1, 0.15) is 0 Å². The van der Waals surface area contributed by atoms with Gasteiger partial charge in [-0.1, -0.05) is 30.7 Å². The number of rotatable bonds is 6. The fourth-order valence-corrected chi connectivity index (χ4v) is 4.65. The molecule has 0 aliphatic heterocycles. The first-order valence-electron chi connectivity index (χ1n) is 10.6. The number of aromatic nitrogens is 7. The number of tetrazole rings is 1. The summed E-state index contributed by atoms with van der Waals surface area (Å²) in [5, 5.41) is 19.4. The fraction of sp³-hybridized carbons (Fsp3) is 0.217. The van der Waals surface area contributed by atoms with Crippen LogP contribution in [0.3, 0.4) is 0 Å². The van der Waals surface area contributed by atoms with Crippen molar-refractivity contribution in [3.05, 3.63) is 70.7 Å². The van der Waals surface area contributed by atoms with Gasteiger partial charge in [0.15, 0.2) is 5.65 Å². The van der Waals surface area contributed by atoms with E-state index in [1.807, 2.05) is 47.8 Å². The molecule has 0 amide bonds. The van der Waals surface area contributed by atoms with Gasteiger partial charge in [0.05, 0.1) is 28.9 Å². The predicted octanol–water partition coefficient (Wildman–Crippen LogP) is 4.14. The minimum absolute atomic E-state index is 0.0688. The van der Waals surface area contributed by atoms with Crippen molar-refractivity contribution in [2.45, 2.75) is 25.8 Å². The largest absolute Gasteiger partial charge is 0.287 e. The number of nitrogens with zero attached hydrogens (tertiary/aromatic N) is 7. The van der Waals surface area contributed by atoms with Crippen LogP contribution in [0.25, 0.3) is 28.3 Å². The zero-order valence-corrected chi connectivity index (χ0v) is 17.9. The van der Waals surface area contributed by atoms with Crippen LogP contribution in [-0.4, -0.2) is 40.6 Å². The van der Waals surface area contributed by atoms with Crippen molar-refractivity contribution in [3.8, 4) is 22.6 Å². The molecule has 4 heterocycles. The smallest absolute Gasteiger partial charge is 0.208 e. The second-order valence-electron chi connectivity index (χ2n) is 7.98. The molecule has 8 nitrogen and oxygen atoms in total. The molecule has 158 valence electrons. The molecule has 0 spiro atoms. The van der Waals surface area contributed by atoms with Gasteiger partial charge in [0, 0.05) is 17.3 Å². The van der Waals surface area contributed by atoms with E-state index in [0.29, 0.717) is 27.8 Å². The molecule has 0 unspecified atom stereocenters. The van der Waals surface area contributed by atoms with Crippen LogP contribution >= 0.6 is 11.3 Å². The van der Waals surface area contributed by atoms with Gasteiger partial charge < -0.3 is 0 Å². The van der Waals surface area contributed by atoms with Gasteiger partial charge in [-0.3, -0.25) is 4.79 Å². The lowest BCUT2D eigenvalue weighted by Crippen LogP contribution is -2.19. The van der Waals surface area contributed by atoms with Crippen molar-refractivity contribution < 1.29 is 4.79 Å². The highest BCUT2D eigenvalue weighted by Gasteiger charge is 2.20. The molecule has 0 saturated heterocycles. The molecule has 0 bridgehead atoms. The third-order valence-corrected chi connectivity index (χ3v) is 6.78. The van der Waals surface area contributed by atoms with Gasteiger partial charge in [0.2, 0.25) is 11.6 Å². The van der Waals surface area contributed by atoms with Crippen LogP contribution in [0.15, 0.2) is 60.2 Å². The Morgan fingerprint density at radius 2 is 2.03 bits per heavy atom. The highest BCUT2D eigenvalue weighted by atomic mass is 32.1. The van der Waals surface area contributed by atoms with Gasteiger partial charge in [-0.05, 0) is 47.6 Å². The average Bonchev–Trinajstić information content (AvgIpc) is 3.56. The van der Waals surface area contributed by atoms with Crippen molar-refractivity contribution in [3.63, 3.8) is 0 Å². The maximum absolute atomic E-state index is 12.9. The molecule has 9 heteroatoms. The lowest BCUT2D eigenvalue weighted by atomic mass is 9.86. The zero-order valence-electron chi connectivity index (χ0n) is 17.1. The molecule has 4 aromatic heterocycles. The third-order valence-electron chi connectivity index (χ3n) is 5.91. The summed E-state index contributed by atoms with van der Waals surface area (Å²) >= 11 is 1.41. The molecule has 0 atom stereocenters. The Kier molecular flexibility index (Phi) is 4.61. The Hall–Kier alpha value is -3.72. The first kappa shape index (κ1) is 19.0. The van der Waals surface area contributed by atoms with E-state index in [2.05, 4.69) is 25.5 Å². The van der Waals surface area contributed by atoms with Crippen molar-refractivity contribution in [1.82, 2.24) is 34.8 Å². The third kappa shape index (κ3) is 3.31. The van der Waals surface area contributed by atoms with Crippen LogP contribution in [0, 0.1) is 5.92 Å². The second-order valence-corrected chi connectivity index (χ2v) is 8.92. The molecular weight excluding hydrogens is 422 g/mol. The molecule has 6 rings (SSSR count). The van der Waals surface area contributed by atoms with Crippen LogP contribution in [-0.2, 0) is 6.54 Å². The lowest BCUT2D eigenvalue weighted by Gasteiger charge is -2.23.